The number of halogens is 2. The van der Waals surface area contributed by atoms with Crippen molar-refractivity contribution in [3.05, 3.63) is 56.7 Å². The van der Waals surface area contributed by atoms with E-state index >= 15 is 0 Å². The third-order valence-corrected chi connectivity index (χ3v) is 5.39. The number of ether oxygens (including phenoxy) is 1. The number of carbonyl (C=O) groups is 1. The summed E-state index contributed by atoms with van der Waals surface area (Å²) in [6, 6.07) is 7.71. The van der Waals surface area contributed by atoms with Crippen molar-refractivity contribution in [1.82, 2.24) is 10.4 Å². The molecular formula is C22H27Br2N3O2. The molecule has 0 spiro atoms. The topological polar surface area (TPSA) is 63.6 Å². The lowest BCUT2D eigenvalue weighted by atomic mass is 9.72. The number of nitrogens with one attached hydrogen (secondary N) is 1. The van der Waals surface area contributed by atoms with E-state index in [4.69, 9.17) is 4.74 Å². The minimum atomic E-state index is -0.341. The lowest BCUT2D eigenvalue weighted by Crippen LogP contribution is -2.26. The molecule has 1 aromatic heterocycles. The van der Waals surface area contributed by atoms with Crippen molar-refractivity contribution >= 4 is 44.0 Å². The van der Waals surface area contributed by atoms with Crippen molar-refractivity contribution in [1.29, 1.82) is 0 Å². The second-order valence-corrected chi connectivity index (χ2v) is 10.5. The summed E-state index contributed by atoms with van der Waals surface area (Å²) in [5.41, 5.74) is 4.72. The van der Waals surface area contributed by atoms with Crippen molar-refractivity contribution in [2.45, 2.75) is 46.5 Å². The molecule has 0 radical (unpaired) electrons. The molecule has 0 atom stereocenters. The lowest BCUT2D eigenvalue weighted by molar-refractivity contribution is -0.123. The largest absolute Gasteiger partial charge is 0.481 e. The number of hydrazone groups is 1. The minimum absolute atomic E-state index is 0.000861. The van der Waals surface area contributed by atoms with Crippen molar-refractivity contribution < 1.29 is 9.53 Å². The van der Waals surface area contributed by atoms with E-state index in [1.165, 1.54) is 5.56 Å². The third-order valence-electron chi connectivity index (χ3n) is 4.21. The number of hydrogen-bond donors (Lipinski definition) is 1. The van der Waals surface area contributed by atoms with Crippen molar-refractivity contribution in [3.63, 3.8) is 0 Å². The second kappa shape index (κ2) is 9.85. The van der Waals surface area contributed by atoms with Crippen LogP contribution in [0, 0.1) is 5.41 Å². The molecule has 0 saturated heterocycles. The average molecular weight is 525 g/mol. The summed E-state index contributed by atoms with van der Waals surface area (Å²) in [5.74, 6) is 0.250. The quantitative estimate of drug-likeness (QED) is 0.365. The summed E-state index contributed by atoms with van der Waals surface area (Å²) < 4.78 is 7.32. The van der Waals surface area contributed by atoms with Gasteiger partial charge in [0.05, 0.1) is 15.2 Å². The zero-order chi connectivity index (χ0) is 21.7. The SMILES string of the molecule is CC(C)(C)CC(C)(C)c1cc(Br)c(OCC(=O)NN=Cc2ccncc2)c(Br)c1. The van der Waals surface area contributed by atoms with E-state index in [0.717, 1.165) is 20.9 Å². The summed E-state index contributed by atoms with van der Waals surface area (Å²) in [7, 11) is 0. The highest BCUT2D eigenvalue weighted by atomic mass is 79.9. The van der Waals surface area contributed by atoms with E-state index in [1.807, 2.05) is 0 Å². The van der Waals surface area contributed by atoms with Crippen LogP contribution >= 0.6 is 31.9 Å². The van der Waals surface area contributed by atoms with Gasteiger partial charge in [-0.1, -0.05) is 34.6 Å². The summed E-state index contributed by atoms with van der Waals surface area (Å²) in [5, 5.41) is 3.92. The molecule has 0 unspecified atom stereocenters. The Hall–Kier alpha value is -1.73. The molecule has 1 N–H and O–H groups in total. The maximum absolute atomic E-state index is 12.0. The number of pyridine rings is 1. The molecule has 29 heavy (non-hydrogen) atoms. The zero-order valence-electron chi connectivity index (χ0n) is 17.4. The van der Waals surface area contributed by atoms with Crippen LogP contribution in [0.25, 0.3) is 0 Å². The Morgan fingerprint density at radius 2 is 1.72 bits per heavy atom. The molecular weight excluding hydrogens is 498 g/mol. The maximum Gasteiger partial charge on any atom is 0.277 e. The van der Waals surface area contributed by atoms with E-state index in [-0.39, 0.29) is 23.3 Å². The fourth-order valence-corrected chi connectivity index (χ4v) is 4.73. The molecule has 1 heterocycles. The van der Waals surface area contributed by atoms with E-state index in [0.29, 0.717) is 5.75 Å². The van der Waals surface area contributed by atoms with Crippen LogP contribution < -0.4 is 10.2 Å². The molecule has 5 nitrogen and oxygen atoms in total. The highest BCUT2D eigenvalue weighted by Gasteiger charge is 2.28. The minimum Gasteiger partial charge on any atom is -0.481 e. The number of nitrogens with zero attached hydrogens (tertiary/aromatic N) is 2. The van der Waals surface area contributed by atoms with Crippen LogP contribution in [0.4, 0.5) is 0 Å². The van der Waals surface area contributed by atoms with Crippen molar-refractivity contribution in [2.75, 3.05) is 6.61 Å². The van der Waals surface area contributed by atoms with Crippen LogP contribution in [-0.4, -0.2) is 23.7 Å². The highest BCUT2D eigenvalue weighted by Crippen LogP contribution is 2.42. The van der Waals surface area contributed by atoms with Crippen LogP contribution in [0.15, 0.2) is 50.7 Å². The van der Waals surface area contributed by atoms with Gasteiger partial charge in [0.1, 0.15) is 5.75 Å². The van der Waals surface area contributed by atoms with Gasteiger partial charge in [0.25, 0.3) is 5.91 Å². The molecule has 2 rings (SSSR count). The second-order valence-electron chi connectivity index (χ2n) is 8.75. The van der Waals surface area contributed by atoms with Gasteiger partial charge in [0.15, 0.2) is 6.61 Å². The first-order valence-corrected chi connectivity index (χ1v) is 10.9. The first-order chi connectivity index (χ1) is 13.5. The number of amides is 1. The molecule has 1 aromatic carbocycles. The summed E-state index contributed by atoms with van der Waals surface area (Å²) in [6.45, 7) is 11.1. The van der Waals surface area contributed by atoms with Gasteiger partial charge in [-0.25, -0.2) is 5.43 Å². The first kappa shape index (κ1) is 23.5. The molecule has 0 fully saturated rings. The van der Waals surface area contributed by atoms with Gasteiger partial charge in [0.2, 0.25) is 0 Å². The number of carbonyl (C=O) groups excluding carboxylic acids is 1. The van der Waals surface area contributed by atoms with E-state index in [1.54, 1.807) is 30.7 Å². The van der Waals surface area contributed by atoms with Crippen LogP contribution in [0.3, 0.4) is 0 Å². The lowest BCUT2D eigenvalue weighted by Gasteiger charge is -2.33. The van der Waals surface area contributed by atoms with Gasteiger partial charge < -0.3 is 4.74 Å². The predicted molar refractivity (Wildman–Crippen MR) is 124 cm³/mol. The van der Waals surface area contributed by atoms with Crippen molar-refractivity contribution in [2.24, 2.45) is 10.5 Å². The monoisotopic (exact) mass is 523 g/mol. The Kier molecular flexibility index (Phi) is 8.00. The van der Waals surface area contributed by atoms with E-state index in [2.05, 4.69) is 94.1 Å². The third kappa shape index (κ3) is 7.55. The number of rotatable bonds is 7. The Labute approximate surface area is 189 Å². The van der Waals surface area contributed by atoms with Gasteiger partial charge in [-0.05, 0) is 84.5 Å². The first-order valence-electron chi connectivity index (χ1n) is 9.32. The van der Waals surface area contributed by atoms with E-state index < -0.39 is 0 Å². The Bertz CT molecular complexity index is 852. The van der Waals surface area contributed by atoms with Crippen LogP contribution in [0.1, 0.15) is 52.2 Å². The van der Waals surface area contributed by atoms with Crippen LogP contribution in [-0.2, 0) is 10.2 Å². The van der Waals surface area contributed by atoms with Crippen molar-refractivity contribution in [3.8, 4) is 5.75 Å². The molecule has 156 valence electrons. The van der Waals surface area contributed by atoms with Gasteiger partial charge in [-0.15, -0.1) is 0 Å². The van der Waals surface area contributed by atoms with Gasteiger partial charge in [0, 0.05) is 12.4 Å². The molecule has 7 heteroatoms. The highest BCUT2D eigenvalue weighted by molar-refractivity contribution is 9.11. The molecule has 0 bridgehead atoms. The Morgan fingerprint density at radius 1 is 1.14 bits per heavy atom. The van der Waals surface area contributed by atoms with Crippen LogP contribution in [0.5, 0.6) is 5.75 Å². The molecule has 0 aliphatic rings. The number of hydrogen-bond acceptors (Lipinski definition) is 4. The normalized spacial score (nSPS) is 12.2. The van der Waals surface area contributed by atoms with Gasteiger partial charge >= 0.3 is 0 Å². The summed E-state index contributed by atoms with van der Waals surface area (Å²) >= 11 is 7.16. The van der Waals surface area contributed by atoms with E-state index in [9.17, 15) is 4.79 Å². The maximum atomic E-state index is 12.0. The molecule has 0 aliphatic carbocycles. The average Bonchev–Trinajstić information content (AvgIpc) is 2.59. The predicted octanol–water partition coefficient (Wildman–Crippen LogP) is 5.85. The molecule has 0 aliphatic heterocycles. The molecule has 2 aromatic rings. The Balaban J connectivity index is 2.01. The number of aromatic nitrogens is 1. The Morgan fingerprint density at radius 3 is 2.28 bits per heavy atom. The fraction of sp³-hybridized carbons (Fsp3) is 0.409. The number of benzene rings is 1. The summed E-state index contributed by atoms with van der Waals surface area (Å²) in [6.07, 6.45) is 5.91. The van der Waals surface area contributed by atoms with Gasteiger partial charge in [-0.3, -0.25) is 9.78 Å². The molecule has 1 amide bonds. The standard InChI is InChI=1S/C22H27Br2N3O2/c1-21(2,3)14-22(4,5)16-10-17(23)20(18(24)11-16)29-13-19(28)27-26-12-15-6-8-25-9-7-15/h6-12H,13-14H2,1-5H3,(H,27,28). The summed E-state index contributed by atoms with van der Waals surface area (Å²) in [4.78, 5) is 15.9. The van der Waals surface area contributed by atoms with Crippen LogP contribution in [0.2, 0.25) is 0 Å². The molecule has 0 saturated carbocycles. The zero-order valence-corrected chi connectivity index (χ0v) is 20.6. The smallest absolute Gasteiger partial charge is 0.277 e. The fourth-order valence-electron chi connectivity index (χ4n) is 3.31. The van der Waals surface area contributed by atoms with Gasteiger partial charge in [-0.2, -0.15) is 5.10 Å².